The lowest BCUT2D eigenvalue weighted by Crippen LogP contribution is -2.01. The monoisotopic (exact) mass is 330 g/mol. The van der Waals surface area contributed by atoms with Gasteiger partial charge in [0.15, 0.2) is 0 Å². The standard InChI is InChI=1S/C13H12BrFO2S/c1-8(16)10-6-9(15)2-3-12(10)17-7-13-11(14)4-5-18-13/h2-6,8,16H,7H2,1H3/t8-/m1/s1. The molecule has 0 bridgehead atoms. The molecule has 2 nitrogen and oxygen atoms in total. The molecule has 0 unspecified atom stereocenters. The molecule has 1 heterocycles. The van der Waals surface area contributed by atoms with Crippen molar-refractivity contribution in [3.8, 4) is 5.75 Å². The molecular formula is C13H12BrFO2S. The van der Waals surface area contributed by atoms with Crippen molar-refractivity contribution in [3.05, 3.63) is 50.4 Å². The van der Waals surface area contributed by atoms with Gasteiger partial charge in [0, 0.05) is 10.0 Å². The fraction of sp³-hybridized carbons (Fsp3) is 0.231. The number of aliphatic hydroxyl groups is 1. The number of aliphatic hydroxyl groups excluding tert-OH is 1. The third-order valence-corrected chi connectivity index (χ3v) is 4.37. The van der Waals surface area contributed by atoms with Crippen LogP contribution < -0.4 is 4.74 Å². The summed E-state index contributed by atoms with van der Waals surface area (Å²) in [6, 6.07) is 6.11. The fourth-order valence-corrected chi connectivity index (χ4v) is 2.93. The second-order valence-corrected chi connectivity index (χ2v) is 5.69. The molecule has 1 N–H and O–H groups in total. The van der Waals surface area contributed by atoms with Crippen LogP contribution in [0, 0.1) is 5.82 Å². The average Bonchev–Trinajstić information content (AvgIpc) is 2.73. The number of halogens is 2. The van der Waals surface area contributed by atoms with Gasteiger partial charge in [0.25, 0.3) is 0 Å². The van der Waals surface area contributed by atoms with Gasteiger partial charge in [-0.1, -0.05) is 0 Å². The van der Waals surface area contributed by atoms with Crippen molar-refractivity contribution in [1.82, 2.24) is 0 Å². The number of hydrogen-bond donors (Lipinski definition) is 1. The molecule has 0 spiro atoms. The SMILES string of the molecule is C[C@@H](O)c1cc(F)ccc1OCc1sccc1Br. The van der Waals surface area contributed by atoms with Crippen LogP contribution in [0.4, 0.5) is 4.39 Å². The van der Waals surface area contributed by atoms with Gasteiger partial charge >= 0.3 is 0 Å². The normalized spacial score (nSPS) is 12.4. The molecule has 0 aliphatic rings. The van der Waals surface area contributed by atoms with Gasteiger partial charge < -0.3 is 9.84 Å². The summed E-state index contributed by atoms with van der Waals surface area (Å²) >= 11 is 5.00. The Labute approximate surface area is 117 Å². The summed E-state index contributed by atoms with van der Waals surface area (Å²) in [6.45, 7) is 1.98. The maximum absolute atomic E-state index is 13.1. The Morgan fingerprint density at radius 3 is 2.83 bits per heavy atom. The van der Waals surface area contributed by atoms with Gasteiger partial charge in [0.2, 0.25) is 0 Å². The third-order valence-electron chi connectivity index (χ3n) is 2.47. The van der Waals surface area contributed by atoms with Gasteiger partial charge in [-0.3, -0.25) is 0 Å². The highest BCUT2D eigenvalue weighted by atomic mass is 79.9. The largest absolute Gasteiger partial charge is 0.488 e. The van der Waals surface area contributed by atoms with Crippen molar-refractivity contribution < 1.29 is 14.2 Å². The van der Waals surface area contributed by atoms with Gasteiger partial charge in [0.1, 0.15) is 18.2 Å². The predicted octanol–water partition coefficient (Wildman–Crippen LogP) is 4.28. The van der Waals surface area contributed by atoms with Crippen LogP contribution in [0.5, 0.6) is 5.75 Å². The Balaban J connectivity index is 2.16. The van der Waals surface area contributed by atoms with E-state index < -0.39 is 6.10 Å². The first-order valence-electron chi connectivity index (χ1n) is 5.40. The van der Waals surface area contributed by atoms with E-state index in [0.717, 1.165) is 9.35 Å². The van der Waals surface area contributed by atoms with E-state index >= 15 is 0 Å². The summed E-state index contributed by atoms with van der Waals surface area (Å²) in [7, 11) is 0. The Bertz CT molecular complexity index is 540. The number of hydrogen-bond acceptors (Lipinski definition) is 3. The molecule has 0 aliphatic carbocycles. The van der Waals surface area contributed by atoms with Gasteiger partial charge in [-0.15, -0.1) is 11.3 Å². The van der Waals surface area contributed by atoms with Crippen molar-refractivity contribution in [2.45, 2.75) is 19.6 Å². The van der Waals surface area contributed by atoms with Gasteiger partial charge in [0.05, 0.1) is 11.0 Å². The first-order chi connectivity index (χ1) is 8.58. The van der Waals surface area contributed by atoms with Gasteiger partial charge in [-0.25, -0.2) is 4.39 Å². The zero-order valence-electron chi connectivity index (χ0n) is 9.69. The highest BCUT2D eigenvalue weighted by molar-refractivity contribution is 9.10. The zero-order chi connectivity index (χ0) is 13.1. The van der Waals surface area contributed by atoms with Crippen LogP contribution in [0.25, 0.3) is 0 Å². The fourth-order valence-electron chi connectivity index (χ4n) is 1.55. The molecule has 0 radical (unpaired) electrons. The lowest BCUT2D eigenvalue weighted by molar-refractivity contribution is 0.189. The number of rotatable bonds is 4. The maximum Gasteiger partial charge on any atom is 0.125 e. The second-order valence-electron chi connectivity index (χ2n) is 3.84. The predicted molar refractivity (Wildman–Crippen MR) is 73.4 cm³/mol. The summed E-state index contributed by atoms with van der Waals surface area (Å²) < 4.78 is 19.7. The molecule has 0 saturated carbocycles. The lowest BCUT2D eigenvalue weighted by atomic mass is 10.1. The Morgan fingerprint density at radius 1 is 1.44 bits per heavy atom. The van der Waals surface area contributed by atoms with Crippen LogP contribution in [0.3, 0.4) is 0 Å². The van der Waals surface area contributed by atoms with Crippen molar-refractivity contribution >= 4 is 27.3 Å². The third kappa shape index (κ3) is 3.10. The minimum atomic E-state index is -0.762. The molecule has 0 fully saturated rings. The molecular weight excluding hydrogens is 319 g/mol. The van der Waals surface area contributed by atoms with E-state index in [1.807, 2.05) is 11.4 Å². The molecule has 1 aromatic carbocycles. The van der Waals surface area contributed by atoms with E-state index in [1.165, 1.54) is 12.1 Å². The minimum Gasteiger partial charge on any atom is -0.488 e. The molecule has 0 saturated heterocycles. The van der Waals surface area contributed by atoms with E-state index in [2.05, 4.69) is 15.9 Å². The molecule has 18 heavy (non-hydrogen) atoms. The quantitative estimate of drug-likeness (QED) is 0.906. The second kappa shape index (κ2) is 5.82. The number of thiophene rings is 1. The van der Waals surface area contributed by atoms with E-state index in [9.17, 15) is 9.50 Å². The van der Waals surface area contributed by atoms with Crippen molar-refractivity contribution in [2.75, 3.05) is 0 Å². The lowest BCUT2D eigenvalue weighted by Gasteiger charge is -2.13. The van der Waals surface area contributed by atoms with E-state index in [4.69, 9.17) is 4.74 Å². The first kappa shape index (κ1) is 13.5. The van der Waals surface area contributed by atoms with E-state index in [-0.39, 0.29) is 5.82 Å². The molecule has 1 atom stereocenters. The van der Waals surface area contributed by atoms with Crippen LogP contribution in [-0.4, -0.2) is 5.11 Å². The molecule has 0 aliphatic heterocycles. The highest BCUT2D eigenvalue weighted by Gasteiger charge is 2.11. The summed E-state index contributed by atoms with van der Waals surface area (Å²) in [5.41, 5.74) is 0.461. The van der Waals surface area contributed by atoms with Crippen LogP contribution >= 0.6 is 27.3 Å². The van der Waals surface area contributed by atoms with Crippen molar-refractivity contribution in [2.24, 2.45) is 0 Å². The Hall–Kier alpha value is -0.910. The summed E-state index contributed by atoms with van der Waals surface area (Å²) in [4.78, 5) is 1.05. The van der Waals surface area contributed by atoms with Crippen LogP contribution in [0.2, 0.25) is 0 Å². The molecule has 2 rings (SSSR count). The highest BCUT2D eigenvalue weighted by Crippen LogP contribution is 2.29. The molecule has 1 aromatic heterocycles. The van der Waals surface area contributed by atoms with E-state index in [0.29, 0.717) is 17.9 Å². The van der Waals surface area contributed by atoms with Gasteiger partial charge in [-0.05, 0) is 52.5 Å². The Kier molecular flexibility index (Phi) is 4.37. The number of ether oxygens (including phenoxy) is 1. The minimum absolute atomic E-state index is 0.379. The molecule has 2 aromatic rings. The first-order valence-corrected chi connectivity index (χ1v) is 7.07. The van der Waals surface area contributed by atoms with Gasteiger partial charge in [-0.2, -0.15) is 0 Å². The zero-order valence-corrected chi connectivity index (χ0v) is 12.1. The Morgan fingerprint density at radius 2 is 2.22 bits per heavy atom. The number of benzene rings is 1. The molecule has 5 heteroatoms. The molecule has 0 amide bonds. The summed E-state index contributed by atoms with van der Waals surface area (Å²) in [6.07, 6.45) is -0.762. The average molecular weight is 331 g/mol. The van der Waals surface area contributed by atoms with Crippen LogP contribution in [0.1, 0.15) is 23.5 Å². The summed E-state index contributed by atoms with van der Waals surface area (Å²) in [5.74, 6) is 0.127. The van der Waals surface area contributed by atoms with Crippen LogP contribution in [0.15, 0.2) is 34.1 Å². The van der Waals surface area contributed by atoms with Crippen LogP contribution in [-0.2, 0) is 6.61 Å². The summed E-state index contributed by atoms with van der Waals surface area (Å²) in [5, 5.41) is 11.5. The van der Waals surface area contributed by atoms with Crippen molar-refractivity contribution in [1.29, 1.82) is 0 Å². The molecule has 96 valence electrons. The van der Waals surface area contributed by atoms with Crippen molar-refractivity contribution in [3.63, 3.8) is 0 Å². The maximum atomic E-state index is 13.1. The topological polar surface area (TPSA) is 29.5 Å². The van der Waals surface area contributed by atoms with E-state index in [1.54, 1.807) is 24.3 Å². The smallest absolute Gasteiger partial charge is 0.125 e.